The van der Waals surface area contributed by atoms with Gasteiger partial charge in [0.1, 0.15) is 0 Å². The van der Waals surface area contributed by atoms with Crippen LogP contribution in [-0.4, -0.2) is 29.4 Å². The predicted molar refractivity (Wildman–Crippen MR) is 78.2 cm³/mol. The molecule has 0 unspecified atom stereocenters. The minimum Gasteiger partial charge on any atom is -0.334 e. The van der Waals surface area contributed by atoms with Crippen LogP contribution in [0.15, 0.2) is 18.2 Å². The first-order chi connectivity index (χ1) is 9.00. The zero-order valence-corrected chi connectivity index (χ0v) is 12.1. The van der Waals surface area contributed by atoms with E-state index in [1.807, 2.05) is 43.9 Å². The van der Waals surface area contributed by atoms with Gasteiger partial charge in [0.25, 0.3) is 5.91 Å². The number of carbonyl (C=O) groups is 1. The summed E-state index contributed by atoms with van der Waals surface area (Å²) in [6.45, 7) is 6.85. The second kappa shape index (κ2) is 5.74. The summed E-state index contributed by atoms with van der Waals surface area (Å²) in [5.41, 5.74) is 9.05. The van der Waals surface area contributed by atoms with Crippen molar-refractivity contribution in [2.45, 2.75) is 52.1 Å². The SMILES string of the molecule is Cc1ccc(C)c(C(=O)N2CCCC[C@H]2[C@H](C)N)c1. The monoisotopic (exact) mass is 260 g/mol. The first-order valence-electron chi connectivity index (χ1n) is 7.14. The van der Waals surface area contributed by atoms with Crippen molar-refractivity contribution in [3.8, 4) is 0 Å². The fourth-order valence-corrected chi connectivity index (χ4v) is 2.88. The molecule has 0 radical (unpaired) electrons. The minimum atomic E-state index is 0.0364. The maximum Gasteiger partial charge on any atom is 0.254 e. The second-order valence-electron chi connectivity index (χ2n) is 5.74. The van der Waals surface area contributed by atoms with Gasteiger partial charge in [0.2, 0.25) is 0 Å². The van der Waals surface area contributed by atoms with Gasteiger partial charge in [-0.25, -0.2) is 0 Å². The molecule has 1 heterocycles. The van der Waals surface area contributed by atoms with Crippen LogP contribution < -0.4 is 5.73 Å². The Morgan fingerprint density at radius 1 is 1.37 bits per heavy atom. The number of nitrogens with zero attached hydrogens (tertiary/aromatic N) is 1. The number of likely N-dealkylation sites (tertiary alicyclic amines) is 1. The van der Waals surface area contributed by atoms with Crippen molar-refractivity contribution in [1.82, 2.24) is 4.90 Å². The molecule has 0 aromatic heterocycles. The Labute approximate surface area is 115 Å². The van der Waals surface area contributed by atoms with Gasteiger partial charge in [0.05, 0.1) is 0 Å². The van der Waals surface area contributed by atoms with E-state index in [1.165, 1.54) is 6.42 Å². The average molecular weight is 260 g/mol. The van der Waals surface area contributed by atoms with Crippen molar-refractivity contribution in [3.05, 3.63) is 34.9 Å². The molecule has 2 atom stereocenters. The standard InChI is InChI=1S/C16H24N2O/c1-11-7-8-12(2)14(10-11)16(19)18-9-5-4-6-15(18)13(3)17/h7-8,10,13,15H,4-6,9,17H2,1-3H3/t13-,15-/m0/s1. The number of rotatable bonds is 2. The summed E-state index contributed by atoms with van der Waals surface area (Å²) in [4.78, 5) is 14.7. The van der Waals surface area contributed by atoms with Crippen LogP contribution in [0.4, 0.5) is 0 Å². The highest BCUT2D eigenvalue weighted by atomic mass is 16.2. The molecule has 0 aliphatic carbocycles. The first-order valence-corrected chi connectivity index (χ1v) is 7.14. The maximum absolute atomic E-state index is 12.8. The smallest absolute Gasteiger partial charge is 0.254 e. The lowest BCUT2D eigenvalue weighted by atomic mass is 9.95. The third kappa shape index (κ3) is 2.98. The quantitative estimate of drug-likeness (QED) is 0.888. The molecule has 2 N–H and O–H groups in total. The van der Waals surface area contributed by atoms with Gasteiger partial charge in [0, 0.05) is 24.2 Å². The van der Waals surface area contributed by atoms with E-state index in [4.69, 9.17) is 5.73 Å². The Hall–Kier alpha value is -1.35. The molecular formula is C16H24N2O. The lowest BCUT2D eigenvalue weighted by Crippen LogP contribution is -2.51. The summed E-state index contributed by atoms with van der Waals surface area (Å²) >= 11 is 0. The van der Waals surface area contributed by atoms with Crippen LogP contribution in [-0.2, 0) is 0 Å². The molecule has 1 saturated heterocycles. The highest BCUT2D eigenvalue weighted by molar-refractivity contribution is 5.96. The fourth-order valence-electron chi connectivity index (χ4n) is 2.88. The average Bonchev–Trinajstić information content (AvgIpc) is 2.40. The van der Waals surface area contributed by atoms with Crippen molar-refractivity contribution >= 4 is 5.91 Å². The highest BCUT2D eigenvalue weighted by Crippen LogP contribution is 2.23. The van der Waals surface area contributed by atoms with Crippen molar-refractivity contribution < 1.29 is 4.79 Å². The van der Waals surface area contributed by atoms with E-state index in [9.17, 15) is 4.79 Å². The van der Waals surface area contributed by atoms with Gasteiger partial charge < -0.3 is 10.6 Å². The van der Waals surface area contributed by atoms with Crippen LogP contribution in [0.1, 0.15) is 47.7 Å². The molecule has 0 bridgehead atoms. The highest BCUT2D eigenvalue weighted by Gasteiger charge is 2.30. The van der Waals surface area contributed by atoms with Crippen LogP contribution >= 0.6 is 0 Å². The van der Waals surface area contributed by atoms with E-state index in [1.54, 1.807) is 0 Å². The van der Waals surface area contributed by atoms with E-state index in [0.29, 0.717) is 0 Å². The van der Waals surface area contributed by atoms with E-state index in [2.05, 4.69) is 0 Å². The third-order valence-electron chi connectivity index (χ3n) is 4.04. The number of amides is 1. The number of nitrogens with two attached hydrogens (primary N) is 1. The molecule has 3 heteroatoms. The summed E-state index contributed by atoms with van der Waals surface area (Å²) in [7, 11) is 0. The van der Waals surface area contributed by atoms with Crippen LogP contribution in [0.5, 0.6) is 0 Å². The molecule has 104 valence electrons. The molecule has 1 fully saturated rings. The summed E-state index contributed by atoms with van der Waals surface area (Å²) in [6.07, 6.45) is 3.27. The Bertz CT molecular complexity index is 468. The largest absolute Gasteiger partial charge is 0.334 e. The molecule has 1 aliphatic rings. The van der Waals surface area contributed by atoms with Crippen molar-refractivity contribution in [1.29, 1.82) is 0 Å². The topological polar surface area (TPSA) is 46.3 Å². The number of hydrogen-bond donors (Lipinski definition) is 1. The van der Waals surface area contributed by atoms with E-state index < -0.39 is 0 Å². The second-order valence-corrected chi connectivity index (χ2v) is 5.74. The van der Waals surface area contributed by atoms with Crippen molar-refractivity contribution in [2.24, 2.45) is 5.73 Å². The number of hydrogen-bond acceptors (Lipinski definition) is 2. The third-order valence-corrected chi connectivity index (χ3v) is 4.04. The Morgan fingerprint density at radius 3 is 2.79 bits per heavy atom. The number of benzene rings is 1. The molecular weight excluding hydrogens is 236 g/mol. The summed E-state index contributed by atoms with van der Waals surface area (Å²) in [6, 6.07) is 6.28. The van der Waals surface area contributed by atoms with E-state index in [0.717, 1.165) is 36.1 Å². The Kier molecular flexibility index (Phi) is 4.25. The molecule has 1 aromatic rings. The summed E-state index contributed by atoms with van der Waals surface area (Å²) in [5.74, 6) is 0.142. The molecule has 3 nitrogen and oxygen atoms in total. The molecule has 1 aromatic carbocycles. The molecule has 2 rings (SSSR count). The first kappa shape index (κ1) is 14.1. The van der Waals surface area contributed by atoms with Gasteiger partial charge in [-0.1, -0.05) is 17.7 Å². The van der Waals surface area contributed by atoms with E-state index >= 15 is 0 Å². The van der Waals surface area contributed by atoms with Gasteiger partial charge in [-0.2, -0.15) is 0 Å². The molecule has 1 aliphatic heterocycles. The summed E-state index contributed by atoms with van der Waals surface area (Å²) < 4.78 is 0. The van der Waals surface area contributed by atoms with Gasteiger partial charge in [-0.3, -0.25) is 4.79 Å². The van der Waals surface area contributed by atoms with Gasteiger partial charge in [-0.15, -0.1) is 0 Å². The van der Waals surface area contributed by atoms with Crippen LogP contribution in [0, 0.1) is 13.8 Å². The van der Waals surface area contributed by atoms with Gasteiger partial charge in [-0.05, 0) is 51.7 Å². The maximum atomic E-state index is 12.8. The predicted octanol–water partition coefficient (Wildman–Crippen LogP) is 2.65. The summed E-state index contributed by atoms with van der Waals surface area (Å²) in [5, 5.41) is 0. The van der Waals surface area contributed by atoms with Crippen LogP contribution in [0.3, 0.4) is 0 Å². The van der Waals surface area contributed by atoms with Crippen molar-refractivity contribution in [2.75, 3.05) is 6.54 Å². The molecule has 0 spiro atoms. The van der Waals surface area contributed by atoms with Gasteiger partial charge >= 0.3 is 0 Å². The number of aryl methyl sites for hydroxylation is 2. The normalized spacial score (nSPS) is 21.3. The van der Waals surface area contributed by atoms with Crippen LogP contribution in [0.2, 0.25) is 0 Å². The molecule has 0 saturated carbocycles. The zero-order chi connectivity index (χ0) is 14.0. The molecule has 1 amide bonds. The Morgan fingerprint density at radius 2 is 2.11 bits per heavy atom. The van der Waals surface area contributed by atoms with E-state index in [-0.39, 0.29) is 18.0 Å². The van der Waals surface area contributed by atoms with Crippen LogP contribution in [0.25, 0.3) is 0 Å². The molecule has 19 heavy (non-hydrogen) atoms. The zero-order valence-electron chi connectivity index (χ0n) is 12.1. The number of piperidine rings is 1. The van der Waals surface area contributed by atoms with Crippen molar-refractivity contribution in [3.63, 3.8) is 0 Å². The van der Waals surface area contributed by atoms with Gasteiger partial charge in [0.15, 0.2) is 0 Å². The fraction of sp³-hybridized carbons (Fsp3) is 0.562. The number of carbonyl (C=O) groups excluding carboxylic acids is 1. The lowest BCUT2D eigenvalue weighted by Gasteiger charge is -2.38. The Balaban J connectivity index is 2.28. The lowest BCUT2D eigenvalue weighted by molar-refractivity contribution is 0.0583. The minimum absolute atomic E-state index is 0.0364.